The predicted molar refractivity (Wildman–Crippen MR) is 64.2 cm³/mol. The highest BCUT2D eigenvalue weighted by Gasteiger charge is 2.20. The molecule has 0 saturated heterocycles. The van der Waals surface area contributed by atoms with E-state index >= 15 is 0 Å². The Bertz CT molecular complexity index is 429. The second kappa shape index (κ2) is 4.45. The zero-order chi connectivity index (χ0) is 11.7. The lowest BCUT2D eigenvalue weighted by atomic mass is 10.1. The van der Waals surface area contributed by atoms with E-state index in [2.05, 4.69) is 4.98 Å². The number of hydrogen-bond acceptors (Lipinski definition) is 3. The number of pyridine rings is 1. The van der Waals surface area contributed by atoms with E-state index in [1.165, 1.54) is 11.8 Å². The van der Waals surface area contributed by atoms with Crippen LogP contribution in [0, 0.1) is 0 Å². The average molecular weight is 237 g/mol. The summed E-state index contributed by atoms with van der Waals surface area (Å²) >= 11 is 1.53. The number of thioether (sulfide) groups is 1. The summed E-state index contributed by atoms with van der Waals surface area (Å²) in [7, 11) is 0. The highest BCUT2D eigenvalue weighted by atomic mass is 32.2. The summed E-state index contributed by atoms with van der Waals surface area (Å²) in [5, 5.41) is 10.2. The van der Waals surface area contributed by atoms with Crippen LogP contribution in [0.4, 0.5) is 0 Å². The maximum absolute atomic E-state index is 11.1. The van der Waals surface area contributed by atoms with Crippen LogP contribution in [0.15, 0.2) is 11.1 Å². The number of hydrogen-bond donors (Lipinski definition) is 1. The van der Waals surface area contributed by atoms with Crippen molar-refractivity contribution in [2.24, 2.45) is 0 Å². The van der Waals surface area contributed by atoms with Crippen LogP contribution in [0.25, 0.3) is 0 Å². The Labute approximate surface area is 99.3 Å². The molecular weight excluding hydrogens is 222 g/mol. The van der Waals surface area contributed by atoms with Gasteiger partial charge in [-0.3, -0.25) is 0 Å². The molecule has 1 aromatic rings. The first-order chi connectivity index (χ1) is 7.58. The molecule has 0 saturated carbocycles. The number of aromatic carboxylic acids is 1. The third-order valence-electron chi connectivity index (χ3n) is 2.59. The number of carbonyl (C=O) groups is 1. The number of fused-ring (bicyclic) bond motifs is 1. The van der Waals surface area contributed by atoms with Gasteiger partial charge >= 0.3 is 5.97 Å². The number of nitrogens with zero attached hydrogens (tertiary/aromatic N) is 1. The molecule has 0 fully saturated rings. The van der Waals surface area contributed by atoms with Crippen LogP contribution >= 0.6 is 11.8 Å². The first-order valence-corrected chi connectivity index (χ1v) is 6.38. The molecule has 2 rings (SSSR count). The quantitative estimate of drug-likeness (QED) is 0.821. The fraction of sp³-hybridized carbons (Fsp3) is 0.500. The maximum Gasteiger partial charge on any atom is 0.338 e. The molecule has 0 radical (unpaired) electrons. The normalized spacial score (nSPS) is 14.2. The van der Waals surface area contributed by atoms with Crippen LogP contribution in [0.1, 0.15) is 41.9 Å². The van der Waals surface area contributed by atoms with Gasteiger partial charge in [0.1, 0.15) is 5.03 Å². The van der Waals surface area contributed by atoms with Gasteiger partial charge in [-0.2, -0.15) is 0 Å². The van der Waals surface area contributed by atoms with Gasteiger partial charge < -0.3 is 5.11 Å². The minimum absolute atomic E-state index is 0.352. The molecule has 1 aromatic heterocycles. The Morgan fingerprint density at radius 3 is 2.88 bits per heavy atom. The van der Waals surface area contributed by atoms with E-state index < -0.39 is 5.97 Å². The number of rotatable bonds is 3. The molecule has 3 nitrogen and oxygen atoms in total. The van der Waals surface area contributed by atoms with Gasteiger partial charge in [0.25, 0.3) is 0 Å². The van der Waals surface area contributed by atoms with E-state index in [0.29, 0.717) is 15.8 Å². The van der Waals surface area contributed by atoms with Gasteiger partial charge in [-0.15, -0.1) is 11.8 Å². The zero-order valence-electron chi connectivity index (χ0n) is 9.49. The maximum atomic E-state index is 11.1. The van der Waals surface area contributed by atoms with Gasteiger partial charge in [0, 0.05) is 10.9 Å². The van der Waals surface area contributed by atoms with Gasteiger partial charge in [-0.1, -0.05) is 13.8 Å². The lowest BCUT2D eigenvalue weighted by Crippen LogP contribution is -2.05. The largest absolute Gasteiger partial charge is 0.478 e. The molecular formula is C12H15NO2S. The smallest absolute Gasteiger partial charge is 0.338 e. The Balaban J connectivity index is 2.44. The van der Waals surface area contributed by atoms with E-state index in [9.17, 15) is 4.79 Å². The van der Waals surface area contributed by atoms with Crippen molar-refractivity contribution in [2.75, 3.05) is 0 Å². The van der Waals surface area contributed by atoms with Crippen LogP contribution in [-0.4, -0.2) is 21.3 Å². The standard InChI is InChI=1S/C12H15NO2S/c1-7(2)16-11-9(12(14)15)6-8-4-3-5-10(8)13-11/h6-7H,3-5H2,1-2H3,(H,14,15). The third-order valence-corrected chi connectivity index (χ3v) is 3.60. The molecule has 86 valence electrons. The monoisotopic (exact) mass is 237 g/mol. The summed E-state index contributed by atoms with van der Waals surface area (Å²) in [5.74, 6) is -0.870. The first-order valence-electron chi connectivity index (χ1n) is 5.50. The highest BCUT2D eigenvalue weighted by Crippen LogP contribution is 2.30. The minimum Gasteiger partial charge on any atom is -0.478 e. The van der Waals surface area contributed by atoms with E-state index in [4.69, 9.17) is 5.11 Å². The predicted octanol–water partition coefficient (Wildman–Crippen LogP) is 2.77. The van der Waals surface area contributed by atoms with Crippen molar-refractivity contribution in [1.82, 2.24) is 4.98 Å². The second-order valence-electron chi connectivity index (χ2n) is 4.27. The van der Waals surface area contributed by atoms with E-state index in [-0.39, 0.29) is 0 Å². The molecule has 0 aliphatic heterocycles. The Morgan fingerprint density at radius 2 is 2.25 bits per heavy atom. The second-order valence-corrected chi connectivity index (χ2v) is 5.84. The molecule has 0 aromatic carbocycles. The zero-order valence-corrected chi connectivity index (χ0v) is 10.3. The van der Waals surface area contributed by atoms with Crippen LogP contribution in [0.5, 0.6) is 0 Å². The van der Waals surface area contributed by atoms with Gasteiger partial charge in [-0.05, 0) is 30.9 Å². The van der Waals surface area contributed by atoms with Gasteiger partial charge in [0.05, 0.1) is 5.56 Å². The number of carboxylic acids is 1. The van der Waals surface area contributed by atoms with Crippen LogP contribution in [-0.2, 0) is 12.8 Å². The van der Waals surface area contributed by atoms with Gasteiger partial charge in [0.15, 0.2) is 0 Å². The van der Waals surface area contributed by atoms with Crippen molar-refractivity contribution in [2.45, 2.75) is 43.4 Å². The van der Waals surface area contributed by atoms with Gasteiger partial charge in [0.2, 0.25) is 0 Å². The Morgan fingerprint density at radius 1 is 1.50 bits per heavy atom. The molecule has 1 aliphatic carbocycles. The van der Waals surface area contributed by atoms with Crippen molar-refractivity contribution in [1.29, 1.82) is 0 Å². The minimum atomic E-state index is -0.870. The topological polar surface area (TPSA) is 50.2 Å². The number of aromatic nitrogens is 1. The molecule has 0 spiro atoms. The summed E-state index contributed by atoms with van der Waals surface area (Å²) in [6.45, 7) is 4.09. The summed E-state index contributed by atoms with van der Waals surface area (Å²) < 4.78 is 0. The lowest BCUT2D eigenvalue weighted by Gasteiger charge is -2.10. The number of aryl methyl sites for hydroxylation is 2. The van der Waals surface area contributed by atoms with Crippen molar-refractivity contribution >= 4 is 17.7 Å². The van der Waals surface area contributed by atoms with E-state index in [0.717, 1.165) is 30.5 Å². The summed E-state index contributed by atoms with van der Waals surface area (Å²) in [4.78, 5) is 15.6. The first kappa shape index (κ1) is 11.5. The SMILES string of the molecule is CC(C)Sc1nc2c(cc1C(=O)O)CCC2. The molecule has 0 bridgehead atoms. The molecule has 16 heavy (non-hydrogen) atoms. The lowest BCUT2D eigenvalue weighted by molar-refractivity contribution is 0.0692. The van der Waals surface area contributed by atoms with Gasteiger partial charge in [-0.25, -0.2) is 9.78 Å². The molecule has 0 unspecified atom stereocenters. The van der Waals surface area contributed by atoms with E-state index in [1.54, 1.807) is 0 Å². The summed E-state index contributed by atoms with van der Waals surface area (Å²) in [5.41, 5.74) is 2.57. The molecule has 0 amide bonds. The molecule has 4 heteroatoms. The molecule has 1 aliphatic rings. The third kappa shape index (κ3) is 2.21. The van der Waals surface area contributed by atoms with Crippen molar-refractivity contribution < 1.29 is 9.90 Å². The van der Waals surface area contributed by atoms with Crippen LogP contribution < -0.4 is 0 Å². The van der Waals surface area contributed by atoms with Crippen LogP contribution in [0.3, 0.4) is 0 Å². The average Bonchev–Trinajstić information content (AvgIpc) is 2.62. The molecule has 1 N–H and O–H groups in total. The fourth-order valence-corrected chi connectivity index (χ4v) is 2.80. The molecule has 1 heterocycles. The summed E-state index contributed by atoms with van der Waals surface area (Å²) in [6, 6.07) is 1.81. The van der Waals surface area contributed by atoms with Crippen molar-refractivity contribution in [3.63, 3.8) is 0 Å². The summed E-state index contributed by atoms with van der Waals surface area (Å²) in [6.07, 6.45) is 3.05. The van der Waals surface area contributed by atoms with Crippen LogP contribution in [0.2, 0.25) is 0 Å². The Kier molecular flexibility index (Phi) is 3.19. The fourth-order valence-electron chi connectivity index (χ4n) is 1.92. The number of carboxylic acid groups (broad SMARTS) is 1. The highest BCUT2D eigenvalue weighted by molar-refractivity contribution is 7.99. The van der Waals surface area contributed by atoms with Crippen molar-refractivity contribution in [3.05, 3.63) is 22.9 Å². The van der Waals surface area contributed by atoms with Crippen molar-refractivity contribution in [3.8, 4) is 0 Å². The van der Waals surface area contributed by atoms with E-state index in [1.807, 2.05) is 19.9 Å². The Hall–Kier alpha value is -1.03. The molecule has 0 atom stereocenters.